The third-order valence-corrected chi connectivity index (χ3v) is 5.38. The van der Waals surface area contributed by atoms with E-state index in [-0.39, 0.29) is 18.6 Å². The number of hydrogen-bond acceptors (Lipinski definition) is 4. The normalized spacial score (nSPS) is 13.0. The van der Waals surface area contributed by atoms with E-state index in [1.54, 1.807) is 11.8 Å². The minimum absolute atomic E-state index is 0.0462. The summed E-state index contributed by atoms with van der Waals surface area (Å²) in [6.07, 6.45) is 1.74. The number of ether oxygens (including phenoxy) is 2. The number of aryl methyl sites for hydroxylation is 2. The average Bonchev–Trinajstić information content (AvgIpc) is 3.22. The van der Waals surface area contributed by atoms with Crippen LogP contribution in [0.2, 0.25) is 0 Å². The van der Waals surface area contributed by atoms with Gasteiger partial charge in [-0.15, -0.1) is 0 Å². The van der Waals surface area contributed by atoms with Gasteiger partial charge in [0.1, 0.15) is 6.04 Å². The molecule has 2 aromatic carbocycles. The Bertz CT molecular complexity index is 897. The van der Waals surface area contributed by atoms with Gasteiger partial charge < -0.3 is 19.7 Å². The summed E-state index contributed by atoms with van der Waals surface area (Å²) in [4.78, 5) is 27.4. The lowest BCUT2D eigenvalue weighted by molar-refractivity contribution is -0.140. The number of carbonyl (C=O) groups is 2. The highest BCUT2D eigenvalue weighted by Gasteiger charge is 2.26. The second-order valence-corrected chi connectivity index (χ2v) is 7.60. The molecular weight excluding hydrogens is 380 g/mol. The molecule has 1 N–H and O–H groups in total. The van der Waals surface area contributed by atoms with Crippen molar-refractivity contribution in [1.82, 2.24) is 10.2 Å². The summed E-state index contributed by atoms with van der Waals surface area (Å²) in [5, 5.41) is 2.91. The fraction of sp³-hybridized carbons (Fsp3) is 0.417. The summed E-state index contributed by atoms with van der Waals surface area (Å²) < 4.78 is 10.8. The molecule has 160 valence electrons. The van der Waals surface area contributed by atoms with Crippen LogP contribution in [0, 0.1) is 6.92 Å². The molecule has 0 bridgehead atoms. The van der Waals surface area contributed by atoms with E-state index in [1.807, 2.05) is 56.3 Å². The molecular formula is C24H30N2O4. The molecule has 1 atom stereocenters. The third kappa shape index (κ3) is 5.32. The predicted molar refractivity (Wildman–Crippen MR) is 115 cm³/mol. The number of nitrogens with zero attached hydrogens (tertiary/aromatic N) is 1. The molecule has 0 saturated heterocycles. The van der Waals surface area contributed by atoms with E-state index in [1.165, 1.54) is 0 Å². The fourth-order valence-corrected chi connectivity index (χ4v) is 3.44. The molecule has 6 nitrogen and oxygen atoms in total. The van der Waals surface area contributed by atoms with Crippen LogP contribution in [0.3, 0.4) is 0 Å². The second kappa shape index (κ2) is 10.1. The van der Waals surface area contributed by atoms with Gasteiger partial charge in [-0.1, -0.05) is 37.3 Å². The first kappa shape index (κ1) is 21.7. The van der Waals surface area contributed by atoms with Crippen LogP contribution in [0.15, 0.2) is 42.5 Å². The van der Waals surface area contributed by atoms with Crippen LogP contribution < -0.4 is 14.8 Å². The first-order valence-corrected chi connectivity index (χ1v) is 10.5. The molecule has 0 radical (unpaired) electrons. The van der Waals surface area contributed by atoms with Crippen LogP contribution in [0.25, 0.3) is 0 Å². The Kier molecular flexibility index (Phi) is 7.33. The van der Waals surface area contributed by atoms with Gasteiger partial charge in [-0.05, 0) is 55.5 Å². The Morgan fingerprint density at radius 2 is 1.90 bits per heavy atom. The van der Waals surface area contributed by atoms with Crippen molar-refractivity contribution in [3.8, 4) is 11.5 Å². The van der Waals surface area contributed by atoms with Gasteiger partial charge in [0.2, 0.25) is 18.6 Å². The van der Waals surface area contributed by atoms with Gasteiger partial charge in [0.15, 0.2) is 11.5 Å². The average molecular weight is 411 g/mol. The van der Waals surface area contributed by atoms with E-state index in [0.717, 1.165) is 28.9 Å². The molecule has 1 heterocycles. The van der Waals surface area contributed by atoms with Crippen molar-refractivity contribution >= 4 is 11.8 Å². The van der Waals surface area contributed by atoms with Gasteiger partial charge >= 0.3 is 0 Å². The molecule has 30 heavy (non-hydrogen) atoms. The fourth-order valence-electron chi connectivity index (χ4n) is 3.44. The summed E-state index contributed by atoms with van der Waals surface area (Å²) in [6.45, 7) is 7.06. The van der Waals surface area contributed by atoms with Gasteiger partial charge in [-0.3, -0.25) is 9.59 Å². The van der Waals surface area contributed by atoms with E-state index >= 15 is 0 Å². The number of nitrogens with one attached hydrogen (secondary N) is 1. The standard InChI is InChI=1S/C24H30N2O4/c1-4-13-25-24(28)18(3)26(15-20-8-6-5-7-17(20)2)23(27)12-10-19-9-11-21-22(14-19)30-16-29-21/h5-9,11,14,18H,4,10,12-13,15-16H2,1-3H3,(H,25,28). The van der Waals surface area contributed by atoms with E-state index in [9.17, 15) is 9.59 Å². The highest BCUT2D eigenvalue weighted by atomic mass is 16.7. The molecule has 2 amide bonds. The van der Waals surface area contributed by atoms with Crippen molar-refractivity contribution < 1.29 is 19.1 Å². The Hall–Kier alpha value is -3.02. The maximum absolute atomic E-state index is 13.2. The van der Waals surface area contributed by atoms with E-state index in [4.69, 9.17) is 9.47 Å². The van der Waals surface area contributed by atoms with Crippen molar-refractivity contribution in [2.24, 2.45) is 0 Å². The van der Waals surface area contributed by atoms with Crippen LogP contribution in [0.4, 0.5) is 0 Å². The van der Waals surface area contributed by atoms with Crippen LogP contribution in [0.1, 0.15) is 43.4 Å². The Morgan fingerprint density at radius 3 is 2.67 bits per heavy atom. The smallest absolute Gasteiger partial charge is 0.242 e. The molecule has 0 spiro atoms. The maximum atomic E-state index is 13.2. The summed E-state index contributed by atoms with van der Waals surface area (Å²) >= 11 is 0. The van der Waals surface area contributed by atoms with Gasteiger partial charge in [0.25, 0.3) is 0 Å². The summed E-state index contributed by atoms with van der Waals surface area (Å²) in [5.74, 6) is 1.27. The Morgan fingerprint density at radius 1 is 1.13 bits per heavy atom. The lowest BCUT2D eigenvalue weighted by Gasteiger charge is -2.29. The molecule has 1 aliphatic rings. The molecule has 1 unspecified atom stereocenters. The maximum Gasteiger partial charge on any atom is 0.242 e. The van der Waals surface area contributed by atoms with Crippen molar-refractivity contribution in [2.45, 2.75) is 52.6 Å². The summed E-state index contributed by atoms with van der Waals surface area (Å²) in [5.41, 5.74) is 3.16. The third-order valence-electron chi connectivity index (χ3n) is 5.38. The molecule has 0 fully saturated rings. The highest BCUT2D eigenvalue weighted by Crippen LogP contribution is 2.32. The minimum atomic E-state index is -0.541. The molecule has 3 rings (SSSR count). The molecule has 6 heteroatoms. The monoisotopic (exact) mass is 410 g/mol. The molecule has 0 aliphatic carbocycles. The van der Waals surface area contributed by atoms with Gasteiger partial charge in [-0.2, -0.15) is 0 Å². The minimum Gasteiger partial charge on any atom is -0.454 e. The Labute approximate surface area is 178 Å². The van der Waals surface area contributed by atoms with Crippen molar-refractivity contribution in [1.29, 1.82) is 0 Å². The molecule has 2 aromatic rings. The topological polar surface area (TPSA) is 67.9 Å². The van der Waals surface area contributed by atoms with E-state index < -0.39 is 6.04 Å². The van der Waals surface area contributed by atoms with Crippen molar-refractivity contribution in [3.05, 3.63) is 59.2 Å². The zero-order valence-electron chi connectivity index (χ0n) is 17.9. The lowest BCUT2D eigenvalue weighted by Crippen LogP contribution is -2.47. The lowest BCUT2D eigenvalue weighted by atomic mass is 10.1. The Balaban J connectivity index is 1.71. The number of hydrogen-bond donors (Lipinski definition) is 1. The number of fused-ring (bicyclic) bond motifs is 1. The molecule has 0 saturated carbocycles. The van der Waals surface area contributed by atoms with Gasteiger partial charge in [-0.25, -0.2) is 0 Å². The zero-order chi connectivity index (χ0) is 21.5. The van der Waals surface area contributed by atoms with E-state index in [0.29, 0.717) is 31.7 Å². The van der Waals surface area contributed by atoms with Crippen molar-refractivity contribution in [3.63, 3.8) is 0 Å². The van der Waals surface area contributed by atoms with Crippen LogP contribution in [-0.4, -0.2) is 36.1 Å². The first-order valence-electron chi connectivity index (χ1n) is 10.5. The molecule has 0 aromatic heterocycles. The summed E-state index contributed by atoms with van der Waals surface area (Å²) in [6, 6.07) is 13.1. The largest absolute Gasteiger partial charge is 0.454 e. The van der Waals surface area contributed by atoms with Crippen LogP contribution in [0.5, 0.6) is 11.5 Å². The highest BCUT2D eigenvalue weighted by molar-refractivity contribution is 5.87. The SMILES string of the molecule is CCCNC(=O)C(C)N(Cc1ccccc1C)C(=O)CCc1ccc2c(c1)OCO2. The number of benzene rings is 2. The number of rotatable bonds is 9. The first-order chi connectivity index (χ1) is 14.5. The van der Waals surface area contributed by atoms with Gasteiger partial charge in [0.05, 0.1) is 0 Å². The van der Waals surface area contributed by atoms with E-state index in [2.05, 4.69) is 5.32 Å². The van der Waals surface area contributed by atoms with Crippen LogP contribution >= 0.6 is 0 Å². The molecule has 1 aliphatic heterocycles. The second-order valence-electron chi connectivity index (χ2n) is 7.60. The van der Waals surface area contributed by atoms with Crippen LogP contribution in [-0.2, 0) is 22.6 Å². The summed E-state index contributed by atoms with van der Waals surface area (Å²) in [7, 11) is 0. The zero-order valence-corrected chi connectivity index (χ0v) is 17.9. The quantitative estimate of drug-likeness (QED) is 0.686. The van der Waals surface area contributed by atoms with Crippen molar-refractivity contribution in [2.75, 3.05) is 13.3 Å². The van der Waals surface area contributed by atoms with Gasteiger partial charge in [0, 0.05) is 19.5 Å². The number of amides is 2. The number of carbonyl (C=O) groups excluding carboxylic acids is 2. The predicted octanol–water partition coefficient (Wildman–Crippen LogP) is 3.60.